The maximum atomic E-state index is 13.1. The van der Waals surface area contributed by atoms with Crippen molar-refractivity contribution in [2.24, 2.45) is 0 Å². The monoisotopic (exact) mass is 490 g/mol. The van der Waals surface area contributed by atoms with Crippen LogP contribution in [0.5, 0.6) is 0 Å². The molecule has 188 valence electrons. The number of hydrogen-bond donors (Lipinski definition) is 0. The SMILES string of the molecule is C.CC(C)(C)n1cc(-c2cc(F)c(F)c(F)c2)nn1.CC(C)(C)n1cc(-c2cccc(F)c2)nn1. The molecule has 4 rings (SSSR count). The molecule has 0 fully saturated rings. The lowest BCUT2D eigenvalue weighted by molar-refractivity contribution is 0.346. The quantitative estimate of drug-likeness (QED) is 0.235. The van der Waals surface area contributed by atoms with Crippen molar-refractivity contribution in [1.29, 1.82) is 0 Å². The van der Waals surface area contributed by atoms with E-state index in [1.54, 1.807) is 21.6 Å². The normalized spacial score (nSPS) is 11.5. The summed E-state index contributed by atoms with van der Waals surface area (Å²) in [6.07, 6.45) is 3.39. The van der Waals surface area contributed by atoms with Crippen LogP contribution in [-0.2, 0) is 11.1 Å². The van der Waals surface area contributed by atoms with Crippen molar-refractivity contribution in [3.05, 3.63) is 72.1 Å². The van der Waals surface area contributed by atoms with E-state index in [4.69, 9.17) is 0 Å². The fourth-order valence-electron chi connectivity index (χ4n) is 2.80. The van der Waals surface area contributed by atoms with Gasteiger partial charge in [-0.3, -0.25) is 0 Å². The van der Waals surface area contributed by atoms with E-state index in [2.05, 4.69) is 20.6 Å². The molecule has 0 unspecified atom stereocenters. The van der Waals surface area contributed by atoms with Crippen LogP contribution in [0, 0.1) is 23.3 Å². The maximum absolute atomic E-state index is 13.1. The Morgan fingerprint density at radius 3 is 1.51 bits per heavy atom. The van der Waals surface area contributed by atoms with Crippen molar-refractivity contribution in [3.8, 4) is 22.5 Å². The molecule has 4 aromatic rings. The van der Waals surface area contributed by atoms with Crippen molar-refractivity contribution in [1.82, 2.24) is 30.0 Å². The fraction of sp³-hybridized carbons (Fsp3) is 0.360. The van der Waals surface area contributed by atoms with E-state index in [1.165, 1.54) is 12.1 Å². The number of benzene rings is 2. The highest BCUT2D eigenvalue weighted by atomic mass is 19.2. The molecule has 2 heterocycles. The molecular formula is C25H30F4N6. The molecule has 10 heteroatoms. The minimum absolute atomic E-state index is 0. The summed E-state index contributed by atoms with van der Waals surface area (Å²) in [5, 5.41) is 15.8. The van der Waals surface area contributed by atoms with Gasteiger partial charge in [-0.15, -0.1) is 10.2 Å². The molecule has 6 nitrogen and oxygen atoms in total. The molecule has 0 spiro atoms. The fourth-order valence-corrected chi connectivity index (χ4v) is 2.80. The molecule has 0 N–H and O–H groups in total. The Morgan fingerprint density at radius 2 is 1.11 bits per heavy atom. The van der Waals surface area contributed by atoms with Crippen molar-refractivity contribution in [2.75, 3.05) is 0 Å². The largest absolute Gasteiger partial charge is 0.247 e. The van der Waals surface area contributed by atoms with Crippen molar-refractivity contribution >= 4 is 0 Å². The van der Waals surface area contributed by atoms with Gasteiger partial charge in [0.05, 0.1) is 23.5 Å². The van der Waals surface area contributed by atoms with E-state index in [0.29, 0.717) is 11.4 Å². The molecular weight excluding hydrogens is 460 g/mol. The third-order valence-electron chi connectivity index (χ3n) is 4.76. The molecule has 0 amide bonds. The van der Waals surface area contributed by atoms with E-state index in [-0.39, 0.29) is 29.9 Å². The average molecular weight is 491 g/mol. The topological polar surface area (TPSA) is 61.4 Å². The van der Waals surface area contributed by atoms with Gasteiger partial charge in [-0.25, -0.2) is 26.9 Å². The lowest BCUT2D eigenvalue weighted by atomic mass is 10.1. The van der Waals surface area contributed by atoms with Gasteiger partial charge in [0, 0.05) is 11.1 Å². The van der Waals surface area contributed by atoms with Crippen LogP contribution in [0.1, 0.15) is 49.0 Å². The molecule has 2 aromatic carbocycles. The van der Waals surface area contributed by atoms with Crippen molar-refractivity contribution in [3.63, 3.8) is 0 Å². The second kappa shape index (κ2) is 10.4. The van der Waals surface area contributed by atoms with E-state index in [9.17, 15) is 17.6 Å². The summed E-state index contributed by atoms with van der Waals surface area (Å²) in [6, 6.07) is 8.15. The van der Waals surface area contributed by atoms with Crippen LogP contribution in [0.25, 0.3) is 22.5 Å². The average Bonchev–Trinajstić information content (AvgIpc) is 3.42. The predicted molar refractivity (Wildman–Crippen MR) is 127 cm³/mol. The highest BCUT2D eigenvalue weighted by Gasteiger charge is 2.18. The highest BCUT2D eigenvalue weighted by molar-refractivity contribution is 5.58. The zero-order chi connectivity index (χ0) is 25.3. The summed E-state index contributed by atoms with van der Waals surface area (Å²) in [5.41, 5.74) is 1.48. The van der Waals surface area contributed by atoms with Gasteiger partial charge in [0.1, 0.15) is 17.2 Å². The van der Waals surface area contributed by atoms with E-state index >= 15 is 0 Å². The zero-order valence-electron chi connectivity index (χ0n) is 19.8. The van der Waals surface area contributed by atoms with E-state index < -0.39 is 17.5 Å². The lowest BCUT2D eigenvalue weighted by Gasteiger charge is -2.17. The second-order valence-corrected chi connectivity index (χ2v) is 9.70. The number of nitrogens with zero attached hydrogens (tertiary/aromatic N) is 6. The third kappa shape index (κ3) is 6.74. The molecule has 0 aliphatic carbocycles. The lowest BCUT2D eigenvalue weighted by Crippen LogP contribution is -2.22. The predicted octanol–water partition coefficient (Wildman–Crippen LogP) is 6.59. The molecule has 35 heavy (non-hydrogen) atoms. The van der Waals surface area contributed by atoms with Gasteiger partial charge in [0.2, 0.25) is 0 Å². The summed E-state index contributed by atoms with van der Waals surface area (Å²) in [6.45, 7) is 11.9. The first-order valence-corrected chi connectivity index (χ1v) is 10.5. The van der Waals surface area contributed by atoms with Crippen molar-refractivity contribution in [2.45, 2.75) is 60.0 Å². The molecule has 0 bridgehead atoms. The Morgan fingerprint density at radius 1 is 0.657 bits per heavy atom. The second-order valence-electron chi connectivity index (χ2n) is 9.70. The molecule has 0 atom stereocenters. The first kappa shape index (κ1) is 27.7. The van der Waals surface area contributed by atoms with Crippen LogP contribution >= 0.6 is 0 Å². The Bertz CT molecular complexity index is 1260. The summed E-state index contributed by atoms with van der Waals surface area (Å²) in [4.78, 5) is 0. The summed E-state index contributed by atoms with van der Waals surface area (Å²) >= 11 is 0. The Kier molecular flexibility index (Phi) is 8.20. The Balaban J connectivity index is 0.000000241. The van der Waals surface area contributed by atoms with Crippen LogP contribution in [0.2, 0.25) is 0 Å². The smallest absolute Gasteiger partial charge is 0.194 e. The molecule has 0 aliphatic heterocycles. The van der Waals surface area contributed by atoms with Crippen LogP contribution in [0.15, 0.2) is 48.8 Å². The Hall–Kier alpha value is -3.56. The first-order chi connectivity index (χ1) is 15.8. The molecule has 0 aliphatic rings. The molecule has 0 saturated heterocycles. The summed E-state index contributed by atoms with van der Waals surface area (Å²) in [7, 11) is 0. The van der Waals surface area contributed by atoms with Gasteiger partial charge in [-0.2, -0.15) is 0 Å². The standard InChI is InChI=1S/C12H12F3N3.C12H14FN3.CH4/c1-12(2,3)18-6-10(16-17-18)7-4-8(13)11(15)9(14)5-7;1-12(2,3)16-8-11(14-15-16)9-5-4-6-10(13)7-9;/h4-6H,1-3H3;4-8H,1-3H3;1H4. The first-order valence-electron chi connectivity index (χ1n) is 10.5. The zero-order valence-corrected chi connectivity index (χ0v) is 19.8. The molecule has 0 radical (unpaired) electrons. The molecule has 2 aromatic heterocycles. The minimum Gasteiger partial charge on any atom is -0.247 e. The van der Waals surface area contributed by atoms with Crippen LogP contribution < -0.4 is 0 Å². The van der Waals surface area contributed by atoms with Gasteiger partial charge in [-0.05, 0) is 65.8 Å². The van der Waals surface area contributed by atoms with Crippen LogP contribution in [0.4, 0.5) is 17.6 Å². The Labute approximate surface area is 202 Å². The summed E-state index contributed by atoms with van der Waals surface area (Å²) < 4.78 is 55.4. The molecule has 0 saturated carbocycles. The van der Waals surface area contributed by atoms with E-state index in [1.807, 2.05) is 53.8 Å². The van der Waals surface area contributed by atoms with E-state index in [0.717, 1.165) is 17.7 Å². The highest BCUT2D eigenvalue weighted by Crippen LogP contribution is 2.23. The number of rotatable bonds is 2. The summed E-state index contributed by atoms with van der Waals surface area (Å²) in [5.74, 6) is -4.23. The number of hydrogen-bond acceptors (Lipinski definition) is 4. The van der Waals surface area contributed by atoms with Gasteiger partial charge in [-0.1, -0.05) is 30.0 Å². The van der Waals surface area contributed by atoms with Gasteiger partial charge < -0.3 is 0 Å². The third-order valence-corrected chi connectivity index (χ3v) is 4.76. The van der Waals surface area contributed by atoms with Gasteiger partial charge in [0.25, 0.3) is 0 Å². The number of halogens is 4. The van der Waals surface area contributed by atoms with Crippen LogP contribution in [-0.4, -0.2) is 30.0 Å². The van der Waals surface area contributed by atoms with Crippen molar-refractivity contribution < 1.29 is 17.6 Å². The maximum Gasteiger partial charge on any atom is 0.194 e. The van der Waals surface area contributed by atoms with Gasteiger partial charge >= 0.3 is 0 Å². The van der Waals surface area contributed by atoms with Gasteiger partial charge in [0.15, 0.2) is 17.5 Å². The van der Waals surface area contributed by atoms with Crippen LogP contribution in [0.3, 0.4) is 0 Å². The number of aromatic nitrogens is 6. The minimum atomic E-state index is -1.48.